The summed E-state index contributed by atoms with van der Waals surface area (Å²) in [6.45, 7) is 0. The SMILES string of the molecule is CNC1CC(OC2CCCCCC2)C12CCCC2. The maximum absolute atomic E-state index is 6.54. The van der Waals surface area contributed by atoms with Crippen LogP contribution in [0.25, 0.3) is 0 Å². The minimum Gasteiger partial charge on any atom is -0.374 e. The average Bonchev–Trinajstić information content (AvgIpc) is 2.77. The van der Waals surface area contributed by atoms with Gasteiger partial charge in [0.05, 0.1) is 12.2 Å². The zero-order valence-electron chi connectivity index (χ0n) is 11.9. The molecule has 2 atom stereocenters. The summed E-state index contributed by atoms with van der Waals surface area (Å²) in [5.74, 6) is 0. The Hall–Kier alpha value is -0.0800. The van der Waals surface area contributed by atoms with Crippen LogP contribution in [0.15, 0.2) is 0 Å². The second kappa shape index (κ2) is 5.50. The van der Waals surface area contributed by atoms with E-state index in [1.165, 1.54) is 70.6 Å². The van der Waals surface area contributed by atoms with Gasteiger partial charge >= 0.3 is 0 Å². The molecule has 0 saturated heterocycles. The second-order valence-electron chi connectivity index (χ2n) is 6.76. The van der Waals surface area contributed by atoms with E-state index >= 15 is 0 Å². The van der Waals surface area contributed by atoms with E-state index in [-0.39, 0.29) is 0 Å². The van der Waals surface area contributed by atoms with Gasteiger partial charge in [-0.25, -0.2) is 0 Å². The van der Waals surface area contributed by atoms with E-state index in [4.69, 9.17) is 4.74 Å². The molecular formula is C16H29NO. The lowest BCUT2D eigenvalue weighted by Gasteiger charge is -2.55. The van der Waals surface area contributed by atoms with Crippen molar-refractivity contribution >= 4 is 0 Å². The molecule has 3 saturated carbocycles. The third-order valence-corrected chi connectivity index (χ3v) is 5.83. The quantitative estimate of drug-likeness (QED) is 0.773. The van der Waals surface area contributed by atoms with Crippen molar-refractivity contribution in [2.24, 2.45) is 5.41 Å². The molecule has 3 aliphatic carbocycles. The van der Waals surface area contributed by atoms with Crippen molar-refractivity contribution in [3.05, 3.63) is 0 Å². The molecule has 0 heterocycles. The standard InChI is InChI=1S/C16H29NO/c1-17-14-12-15(16(14)10-6-7-11-16)18-13-8-4-2-3-5-9-13/h13-15,17H,2-12H2,1H3. The van der Waals surface area contributed by atoms with Gasteiger partial charge in [0.25, 0.3) is 0 Å². The van der Waals surface area contributed by atoms with Crippen LogP contribution in [-0.4, -0.2) is 25.3 Å². The van der Waals surface area contributed by atoms with Gasteiger partial charge in [0.2, 0.25) is 0 Å². The fourth-order valence-corrected chi connectivity index (χ4v) is 4.66. The van der Waals surface area contributed by atoms with Gasteiger partial charge in [-0.15, -0.1) is 0 Å². The van der Waals surface area contributed by atoms with E-state index in [0.29, 0.717) is 17.6 Å². The van der Waals surface area contributed by atoms with Crippen LogP contribution in [0, 0.1) is 5.41 Å². The monoisotopic (exact) mass is 251 g/mol. The number of rotatable bonds is 3. The molecule has 2 heteroatoms. The minimum atomic E-state index is 0.515. The summed E-state index contributed by atoms with van der Waals surface area (Å²) < 4.78 is 6.54. The Bertz CT molecular complexity index is 264. The number of hydrogen-bond donors (Lipinski definition) is 1. The van der Waals surface area contributed by atoms with E-state index in [1.807, 2.05) is 0 Å². The van der Waals surface area contributed by atoms with E-state index in [9.17, 15) is 0 Å². The molecule has 2 nitrogen and oxygen atoms in total. The smallest absolute Gasteiger partial charge is 0.0665 e. The Kier molecular flexibility index (Phi) is 3.95. The van der Waals surface area contributed by atoms with Gasteiger partial charge in [0.15, 0.2) is 0 Å². The summed E-state index contributed by atoms with van der Waals surface area (Å²) in [7, 11) is 2.13. The van der Waals surface area contributed by atoms with Crippen molar-refractivity contribution in [2.75, 3.05) is 7.05 Å². The maximum atomic E-state index is 6.54. The van der Waals surface area contributed by atoms with Crippen LogP contribution < -0.4 is 5.32 Å². The molecule has 2 unspecified atom stereocenters. The van der Waals surface area contributed by atoms with E-state index < -0.39 is 0 Å². The Labute approximate surface area is 112 Å². The molecule has 1 spiro atoms. The van der Waals surface area contributed by atoms with Crippen LogP contribution in [0.1, 0.15) is 70.6 Å². The van der Waals surface area contributed by atoms with Crippen molar-refractivity contribution in [1.82, 2.24) is 5.32 Å². The predicted octanol–water partition coefficient (Wildman–Crippen LogP) is 3.65. The van der Waals surface area contributed by atoms with Gasteiger partial charge in [-0.3, -0.25) is 0 Å². The van der Waals surface area contributed by atoms with E-state index in [0.717, 1.165) is 6.04 Å². The lowest BCUT2D eigenvalue weighted by Crippen LogP contribution is -2.62. The van der Waals surface area contributed by atoms with Gasteiger partial charge in [-0.05, 0) is 39.2 Å². The highest BCUT2D eigenvalue weighted by Gasteiger charge is 2.56. The average molecular weight is 251 g/mol. The molecular weight excluding hydrogens is 222 g/mol. The summed E-state index contributed by atoms with van der Waals surface area (Å²) >= 11 is 0. The lowest BCUT2D eigenvalue weighted by atomic mass is 9.60. The molecule has 0 radical (unpaired) electrons. The molecule has 0 aromatic rings. The Morgan fingerprint density at radius 2 is 1.61 bits per heavy atom. The minimum absolute atomic E-state index is 0.515. The Morgan fingerprint density at radius 3 is 2.22 bits per heavy atom. The molecule has 3 fully saturated rings. The lowest BCUT2D eigenvalue weighted by molar-refractivity contribution is -0.161. The molecule has 3 rings (SSSR count). The zero-order chi connectivity index (χ0) is 12.4. The van der Waals surface area contributed by atoms with Crippen LogP contribution in [0.2, 0.25) is 0 Å². The first-order valence-electron chi connectivity index (χ1n) is 8.18. The molecule has 1 N–H and O–H groups in total. The molecule has 0 aliphatic heterocycles. The molecule has 0 bridgehead atoms. The van der Waals surface area contributed by atoms with Crippen LogP contribution in [0.5, 0.6) is 0 Å². The van der Waals surface area contributed by atoms with E-state index in [1.54, 1.807) is 0 Å². The van der Waals surface area contributed by atoms with Gasteiger partial charge < -0.3 is 10.1 Å². The first-order chi connectivity index (χ1) is 8.85. The van der Waals surface area contributed by atoms with Crippen molar-refractivity contribution in [3.8, 4) is 0 Å². The van der Waals surface area contributed by atoms with Crippen molar-refractivity contribution in [1.29, 1.82) is 0 Å². The number of ether oxygens (including phenoxy) is 1. The molecule has 3 aliphatic rings. The first kappa shape index (κ1) is 12.9. The zero-order valence-corrected chi connectivity index (χ0v) is 11.9. The molecule has 104 valence electrons. The topological polar surface area (TPSA) is 21.3 Å². The third kappa shape index (κ3) is 2.22. The highest BCUT2D eigenvalue weighted by molar-refractivity contribution is 5.09. The predicted molar refractivity (Wildman–Crippen MR) is 74.7 cm³/mol. The summed E-state index contributed by atoms with van der Waals surface area (Å²) in [5, 5.41) is 3.53. The van der Waals surface area contributed by atoms with Gasteiger partial charge in [0, 0.05) is 11.5 Å². The Balaban J connectivity index is 1.59. The summed E-state index contributed by atoms with van der Waals surface area (Å²) in [4.78, 5) is 0. The van der Waals surface area contributed by atoms with Crippen molar-refractivity contribution in [2.45, 2.75) is 88.9 Å². The fraction of sp³-hybridized carbons (Fsp3) is 1.00. The highest BCUT2D eigenvalue weighted by Crippen LogP contribution is 2.55. The van der Waals surface area contributed by atoms with E-state index in [2.05, 4.69) is 12.4 Å². The Morgan fingerprint density at radius 1 is 0.944 bits per heavy atom. The van der Waals surface area contributed by atoms with Gasteiger partial charge in [-0.1, -0.05) is 38.5 Å². The van der Waals surface area contributed by atoms with Gasteiger partial charge in [0.1, 0.15) is 0 Å². The molecule has 0 aromatic carbocycles. The summed E-state index contributed by atoms with van der Waals surface area (Å²) in [5.41, 5.74) is 0.515. The van der Waals surface area contributed by atoms with Crippen molar-refractivity contribution in [3.63, 3.8) is 0 Å². The van der Waals surface area contributed by atoms with Crippen LogP contribution in [0.4, 0.5) is 0 Å². The largest absolute Gasteiger partial charge is 0.374 e. The molecule has 0 amide bonds. The molecule has 18 heavy (non-hydrogen) atoms. The number of hydrogen-bond acceptors (Lipinski definition) is 2. The summed E-state index contributed by atoms with van der Waals surface area (Å²) in [6, 6.07) is 0.732. The van der Waals surface area contributed by atoms with Crippen LogP contribution in [0.3, 0.4) is 0 Å². The highest BCUT2D eigenvalue weighted by atomic mass is 16.5. The van der Waals surface area contributed by atoms with Crippen LogP contribution >= 0.6 is 0 Å². The number of nitrogens with one attached hydrogen (secondary N) is 1. The van der Waals surface area contributed by atoms with Crippen LogP contribution in [-0.2, 0) is 4.74 Å². The van der Waals surface area contributed by atoms with Gasteiger partial charge in [-0.2, -0.15) is 0 Å². The fourth-order valence-electron chi connectivity index (χ4n) is 4.66. The second-order valence-corrected chi connectivity index (χ2v) is 6.76. The third-order valence-electron chi connectivity index (χ3n) is 5.83. The normalized spacial score (nSPS) is 36.5. The molecule has 0 aromatic heterocycles. The summed E-state index contributed by atoms with van der Waals surface area (Å²) in [6.07, 6.45) is 16.3. The first-order valence-corrected chi connectivity index (χ1v) is 8.18. The van der Waals surface area contributed by atoms with Crippen molar-refractivity contribution < 1.29 is 4.74 Å². The maximum Gasteiger partial charge on any atom is 0.0665 e.